The Balaban J connectivity index is 1.59. The maximum absolute atomic E-state index is 13.8. The number of carbonyl (C=O) groups is 6. The SMILES string of the molecule is COc1ccc(O[C@H]2O[C@H](C)[C@@H](OC(=O)c3ccccc3)[C@H](O[C@@H]3OC[C@@H](OC(C)=O)[C@H](OC(C)=O)[C@H]3OC(=O)CCC(C)=O)[C@H]2OC(=O)c2ccccc2)cc1. The van der Waals surface area contributed by atoms with E-state index in [-0.39, 0.29) is 35.5 Å². The van der Waals surface area contributed by atoms with Crippen molar-refractivity contribution < 1.29 is 76.1 Å². The van der Waals surface area contributed by atoms with Crippen molar-refractivity contribution >= 4 is 35.6 Å². The Morgan fingerprint density at radius 3 is 1.68 bits per heavy atom. The molecule has 2 fully saturated rings. The van der Waals surface area contributed by atoms with Gasteiger partial charge in [-0.05, 0) is 62.4 Å². The van der Waals surface area contributed by atoms with Crippen LogP contribution in [-0.2, 0) is 57.1 Å². The van der Waals surface area contributed by atoms with Crippen LogP contribution in [0.3, 0.4) is 0 Å². The molecule has 0 radical (unpaired) electrons. The molecule has 9 atom stereocenters. The Bertz CT molecular complexity index is 1850. The van der Waals surface area contributed by atoms with Crippen molar-refractivity contribution in [2.75, 3.05) is 13.7 Å². The second kappa shape index (κ2) is 19.8. The lowest BCUT2D eigenvalue weighted by Crippen LogP contribution is -2.65. The highest BCUT2D eigenvalue weighted by Crippen LogP contribution is 2.35. The zero-order valence-corrected chi connectivity index (χ0v) is 31.9. The summed E-state index contributed by atoms with van der Waals surface area (Å²) in [6.45, 7) is 4.69. The maximum Gasteiger partial charge on any atom is 0.338 e. The number of carbonyl (C=O) groups excluding carboxylic acids is 6. The van der Waals surface area contributed by atoms with Crippen molar-refractivity contribution in [3.8, 4) is 11.5 Å². The summed E-state index contributed by atoms with van der Waals surface area (Å²) in [5.74, 6) is -3.55. The van der Waals surface area contributed by atoms with Crippen LogP contribution in [0, 0.1) is 0 Å². The predicted molar refractivity (Wildman–Crippen MR) is 195 cm³/mol. The van der Waals surface area contributed by atoms with E-state index in [0.29, 0.717) is 5.75 Å². The number of ketones is 1. The summed E-state index contributed by atoms with van der Waals surface area (Å²) < 4.78 is 59.2. The van der Waals surface area contributed by atoms with Crippen molar-refractivity contribution in [2.45, 2.75) is 95.8 Å². The van der Waals surface area contributed by atoms with Gasteiger partial charge in [0.15, 0.2) is 36.8 Å². The van der Waals surface area contributed by atoms with Crippen molar-refractivity contribution in [3.63, 3.8) is 0 Å². The van der Waals surface area contributed by atoms with Gasteiger partial charge in [-0.2, -0.15) is 0 Å². The molecule has 2 aliphatic heterocycles. The molecule has 304 valence electrons. The number of methoxy groups -OCH3 is 1. The molecule has 0 aromatic heterocycles. The summed E-state index contributed by atoms with van der Waals surface area (Å²) in [5, 5.41) is 0. The highest BCUT2D eigenvalue weighted by Gasteiger charge is 2.55. The second-order valence-electron chi connectivity index (χ2n) is 13.2. The van der Waals surface area contributed by atoms with E-state index in [1.807, 2.05) is 0 Å². The Labute approximate surface area is 328 Å². The molecule has 0 aliphatic carbocycles. The summed E-state index contributed by atoms with van der Waals surface area (Å²) >= 11 is 0. The minimum Gasteiger partial charge on any atom is -0.497 e. The van der Waals surface area contributed by atoms with Crippen LogP contribution in [0.15, 0.2) is 84.9 Å². The summed E-state index contributed by atoms with van der Waals surface area (Å²) in [6, 6.07) is 22.6. The molecule has 3 aromatic carbocycles. The first kappa shape index (κ1) is 42.3. The number of esters is 5. The molecule has 0 N–H and O–H groups in total. The summed E-state index contributed by atoms with van der Waals surface area (Å²) in [7, 11) is 1.50. The van der Waals surface area contributed by atoms with Gasteiger partial charge < -0.3 is 52.2 Å². The van der Waals surface area contributed by atoms with Crippen LogP contribution >= 0.6 is 0 Å². The van der Waals surface area contributed by atoms with Crippen LogP contribution < -0.4 is 9.47 Å². The maximum atomic E-state index is 13.8. The molecule has 2 heterocycles. The molecular weight excluding hydrogens is 748 g/mol. The van der Waals surface area contributed by atoms with Gasteiger partial charge in [0, 0.05) is 20.3 Å². The van der Waals surface area contributed by atoms with Crippen molar-refractivity contribution in [1.29, 1.82) is 0 Å². The molecule has 16 nitrogen and oxygen atoms in total. The zero-order chi connectivity index (χ0) is 41.1. The fraction of sp³-hybridized carbons (Fsp3) is 0.415. The largest absolute Gasteiger partial charge is 0.497 e. The third-order valence-electron chi connectivity index (χ3n) is 8.79. The average molecular weight is 793 g/mol. The van der Waals surface area contributed by atoms with Gasteiger partial charge >= 0.3 is 29.8 Å². The van der Waals surface area contributed by atoms with Gasteiger partial charge in [-0.1, -0.05) is 36.4 Å². The lowest BCUT2D eigenvalue weighted by Gasteiger charge is -2.47. The smallest absolute Gasteiger partial charge is 0.338 e. The van der Waals surface area contributed by atoms with Crippen LogP contribution in [0.5, 0.6) is 11.5 Å². The van der Waals surface area contributed by atoms with E-state index in [0.717, 1.165) is 13.8 Å². The highest BCUT2D eigenvalue weighted by molar-refractivity contribution is 5.90. The molecule has 3 aromatic rings. The van der Waals surface area contributed by atoms with Gasteiger partial charge in [0.2, 0.25) is 6.29 Å². The van der Waals surface area contributed by atoms with Crippen LogP contribution in [0.2, 0.25) is 0 Å². The Morgan fingerprint density at radius 2 is 1.14 bits per heavy atom. The first-order chi connectivity index (χ1) is 27.3. The number of hydrogen-bond donors (Lipinski definition) is 0. The monoisotopic (exact) mass is 792 g/mol. The standard InChI is InChI=1S/C41H44O16/c1-23(42)16-21-32(45)54-36-34(52-26(4)44)31(51-25(3)43)22-49-40(36)57-35-33(55-38(46)27-12-8-6-9-13-27)24(2)50-41(53-30-19-17-29(48-5)18-20-30)37(35)56-39(47)28-14-10-7-11-15-28/h6-15,17-20,24,31,33-37,40-41H,16,21-22H2,1-5H3/t24-,31-,33-,34+,35+,36-,37-,40+,41-/m1/s1. The van der Waals surface area contributed by atoms with Gasteiger partial charge in [-0.15, -0.1) is 0 Å². The Hall–Kier alpha value is -5.84. The number of rotatable bonds is 15. The van der Waals surface area contributed by atoms with Crippen LogP contribution in [0.1, 0.15) is 61.3 Å². The summed E-state index contributed by atoms with van der Waals surface area (Å²) in [5.41, 5.74) is 0.337. The fourth-order valence-electron chi connectivity index (χ4n) is 6.11. The average Bonchev–Trinajstić information content (AvgIpc) is 3.19. The molecule has 5 rings (SSSR count). The highest BCUT2D eigenvalue weighted by atomic mass is 16.8. The molecule has 2 aliphatic rings. The van der Waals surface area contributed by atoms with Crippen LogP contribution in [-0.4, -0.2) is 105 Å². The number of benzene rings is 3. The van der Waals surface area contributed by atoms with E-state index >= 15 is 0 Å². The lowest BCUT2D eigenvalue weighted by molar-refractivity contribution is -0.336. The van der Waals surface area contributed by atoms with E-state index in [2.05, 4.69) is 0 Å². The molecule has 57 heavy (non-hydrogen) atoms. The van der Waals surface area contributed by atoms with E-state index in [1.54, 1.807) is 67.6 Å². The van der Waals surface area contributed by atoms with Gasteiger partial charge in [0.1, 0.15) is 23.4 Å². The van der Waals surface area contributed by atoms with E-state index in [1.165, 1.54) is 38.3 Å². The van der Waals surface area contributed by atoms with E-state index in [4.69, 9.17) is 47.4 Å². The summed E-state index contributed by atoms with van der Waals surface area (Å²) in [4.78, 5) is 76.8. The Morgan fingerprint density at radius 1 is 0.596 bits per heavy atom. The minimum atomic E-state index is -1.66. The number of hydrogen-bond acceptors (Lipinski definition) is 16. The van der Waals surface area contributed by atoms with Crippen LogP contribution in [0.4, 0.5) is 0 Å². The summed E-state index contributed by atoms with van der Waals surface area (Å²) in [6.07, 6.45) is -13.4. The van der Waals surface area contributed by atoms with Gasteiger partial charge in [-0.25, -0.2) is 9.59 Å². The molecular formula is C41H44O16. The third kappa shape index (κ3) is 11.6. The van der Waals surface area contributed by atoms with E-state index < -0.39 is 91.8 Å². The first-order valence-corrected chi connectivity index (χ1v) is 18.1. The third-order valence-corrected chi connectivity index (χ3v) is 8.79. The van der Waals surface area contributed by atoms with Crippen molar-refractivity contribution in [2.24, 2.45) is 0 Å². The first-order valence-electron chi connectivity index (χ1n) is 18.1. The minimum absolute atomic E-state index is 0.154. The van der Waals surface area contributed by atoms with Gasteiger partial charge in [0.05, 0.1) is 37.4 Å². The van der Waals surface area contributed by atoms with Crippen LogP contribution in [0.25, 0.3) is 0 Å². The second-order valence-corrected chi connectivity index (χ2v) is 13.2. The zero-order valence-electron chi connectivity index (χ0n) is 31.9. The normalized spacial score (nSPS) is 25.5. The van der Waals surface area contributed by atoms with Crippen molar-refractivity contribution in [1.82, 2.24) is 0 Å². The fourth-order valence-corrected chi connectivity index (χ4v) is 6.11. The number of Topliss-reactive ketones (excluding diaryl/α,β-unsaturated/α-hetero) is 1. The Kier molecular flexibility index (Phi) is 14.7. The molecule has 0 unspecified atom stereocenters. The molecule has 0 spiro atoms. The molecule has 16 heteroatoms. The van der Waals surface area contributed by atoms with E-state index in [9.17, 15) is 28.8 Å². The van der Waals surface area contributed by atoms with Crippen molar-refractivity contribution in [3.05, 3.63) is 96.1 Å². The predicted octanol–water partition coefficient (Wildman–Crippen LogP) is 4.16. The topological polar surface area (TPSA) is 195 Å². The lowest BCUT2D eigenvalue weighted by atomic mass is 9.97. The van der Waals surface area contributed by atoms with Gasteiger partial charge in [0.25, 0.3) is 0 Å². The van der Waals surface area contributed by atoms with Gasteiger partial charge in [-0.3, -0.25) is 14.4 Å². The molecule has 0 bridgehead atoms. The number of ether oxygens (including phenoxy) is 10. The quantitative estimate of drug-likeness (QED) is 0.157. The molecule has 0 saturated carbocycles. The molecule has 0 amide bonds. The molecule has 2 saturated heterocycles.